The molecule has 1 aromatic heterocycles. The van der Waals surface area contributed by atoms with Gasteiger partial charge >= 0.3 is 0 Å². The van der Waals surface area contributed by atoms with Gasteiger partial charge in [-0.1, -0.05) is 0 Å². The molecule has 22 heavy (non-hydrogen) atoms. The van der Waals surface area contributed by atoms with E-state index in [0.29, 0.717) is 11.4 Å². The Morgan fingerprint density at radius 1 is 1.27 bits per heavy atom. The zero-order chi connectivity index (χ0) is 15.4. The maximum atomic E-state index is 12.2. The van der Waals surface area contributed by atoms with E-state index in [9.17, 15) is 9.90 Å². The van der Waals surface area contributed by atoms with Gasteiger partial charge in [-0.25, -0.2) is 4.98 Å². The van der Waals surface area contributed by atoms with Crippen molar-refractivity contribution in [1.82, 2.24) is 10.3 Å². The average Bonchev–Trinajstić information content (AvgIpc) is 3.03. The van der Waals surface area contributed by atoms with E-state index < -0.39 is 0 Å². The molecule has 1 aliphatic carbocycles. The van der Waals surface area contributed by atoms with E-state index >= 15 is 0 Å². The number of aromatic nitrogens is 1. The smallest absolute Gasteiger partial charge is 0.253 e. The van der Waals surface area contributed by atoms with Gasteiger partial charge in [0.25, 0.3) is 5.91 Å². The molecule has 1 amide bonds. The second-order valence-corrected chi connectivity index (χ2v) is 7.12. The molecule has 2 heterocycles. The Labute approximate surface area is 134 Å². The Balaban J connectivity index is 1.51. The SMILES string of the molecule is O=C(NC1CCC(O)CC1)c1ccc(OC2CCSC2)nc1. The number of amides is 1. The molecule has 6 heteroatoms. The Bertz CT molecular complexity index is 495. The lowest BCUT2D eigenvalue weighted by molar-refractivity contribution is 0.0867. The lowest BCUT2D eigenvalue weighted by atomic mass is 9.93. The number of carbonyl (C=O) groups excluding carboxylic acids is 1. The summed E-state index contributed by atoms with van der Waals surface area (Å²) in [6, 6.07) is 3.68. The first-order chi connectivity index (χ1) is 10.7. The number of carbonyl (C=O) groups is 1. The topological polar surface area (TPSA) is 71.5 Å². The normalized spacial score (nSPS) is 28.3. The molecule has 0 aromatic carbocycles. The van der Waals surface area contributed by atoms with Crippen LogP contribution < -0.4 is 10.1 Å². The molecule has 0 spiro atoms. The number of hydrogen-bond acceptors (Lipinski definition) is 5. The van der Waals surface area contributed by atoms with Gasteiger partial charge < -0.3 is 15.2 Å². The van der Waals surface area contributed by atoms with Gasteiger partial charge in [-0.3, -0.25) is 4.79 Å². The van der Waals surface area contributed by atoms with E-state index in [-0.39, 0.29) is 24.2 Å². The zero-order valence-electron chi connectivity index (χ0n) is 12.5. The first kappa shape index (κ1) is 15.6. The summed E-state index contributed by atoms with van der Waals surface area (Å²) in [6.07, 6.45) is 5.85. The third-order valence-corrected chi connectivity index (χ3v) is 5.34. The fourth-order valence-electron chi connectivity index (χ4n) is 2.85. The van der Waals surface area contributed by atoms with Crippen molar-refractivity contribution in [2.45, 2.75) is 50.4 Å². The van der Waals surface area contributed by atoms with Gasteiger partial charge in [-0.15, -0.1) is 0 Å². The van der Waals surface area contributed by atoms with Crippen molar-refractivity contribution < 1.29 is 14.6 Å². The number of ether oxygens (including phenoxy) is 1. The molecular weight excluding hydrogens is 300 g/mol. The largest absolute Gasteiger partial charge is 0.473 e. The van der Waals surface area contributed by atoms with Gasteiger partial charge in [0, 0.05) is 24.1 Å². The van der Waals surface area contributed by atoms with Gasteiger partial charge in [0.2, 0.25) is 5.88 Å². The fourth-order valence-corrected chi connectivity index (χ4v) is 3.94. The summed E-state index contributed by atoms with van der Waals surface area (Å²) in [4.78, 5) is 16.4. The Kier molecular flexibility index (Phi) is 5.20. The summed E-state index contributed by atoms with van der Waals surface area (Å²) in [5.41, 5.74) is 0.555. The zero-order valence-corrected chi connectivity index (χ0v) is 13.3. The third kappa shape index (κ3) is 4.14. The van der Waals surface area contributed by atoms with Crippen LogP contribution in [0.1, 0.15) is 42.5 Å². The minimum absolute atomic E-state index is 0.100. The van der Waals surface area contributed by atoms with Crippen molar-refractivity contribution in [1.29, 1.82) is 0 Å². The van der Waals surface area contributed by atoms with Crippen molar-refractivity contribution in [3.63, 3.8) is 0 Å². The maximum absolute atomic E-state index is 12.2. The first-order valence-corrected chi connectivity index (χ1v) is 9.05. The predicted molar refractivity (Wildman–Crippen MR) is 86.3 cm³/mol. The number of aliphatic hydroxyl groups is 1. The van der Waals surface area contributed by atoms with Crippen molar-refractivity contribution in [2.24, 2.45) is 0 Å². The molecular formula is C16H22N2O3S. The lowest BCUT2D eigenvalue weighted by Gasteiger charge is -2.26. The third-order valence-electron chi connectivity index (χ3n) is 4.21. The van der Waals surface area contributed by atoms with E-state index in [2.05, 4.69) is 10.3 Å². The summed E-state index contributed by atoms with van der Waals surface area (Å²) < 4.78 is 5.78. The summed E-state index contributed by atoms with van der Waals surface area (Å²) >= 11 is 1.89. The number of nitrogens with zero attached hydrogens (tertiary/aromatic N) is 1. The number of nitrogens with one attached hydrogen (secondary N) is 1. The minimum Gasteiger partial charge on any atom is -0.473 e. The Morgan fingerprint density at radius 3 is 2.73 bits per heavy atom. The first-order valence-electron chi connectivity index (χ1n) is 7.90. The molecule has 2 N–H and O–H groups in total. The number of hydrogen-bond donors (Lipinski definition) is 2. The minimum atomic E-state index is -0.208. The molecule has 120 valence electrons. The monoisotopic (exact) mass is 322 g/mol. The van der Waals surface area contributed by atoms with Crippen molar-refractivity contribution in [3.8, 4) is 5.88 Å². The highest BCUT2D eigenvalue weighted by atomic mass is 32.2. The van der Waals surface area contributed by atoms with Crippen LogP contribution in [0.4, 0.5) is 0 Å². The van der Waals surface area contributed by atoms with Gasteiger partial charge in [0.05, 0.1) is 11.7 Å². The van der Waals surface area contributed by atoms with Crippen LogP contribution in [0.3, 0.4) is 0 Å². The highest BCUT2D eigenvalue weighted by Gasteiger charge is 2.22. The van der Waals surface area contributed by atoms with Crippen LogP contribution in [-0.4, -0.2) is 45.8 Å². The van der Waals surface area contributed by atoms with E-state index in [1.165, 1.54) is 0 Å². The van der Waals surface area contributed by atoms with Crippen molar-refractivity contribution in [3.05, 3.63) is 23.9 Å². The van der Waals surface area contributed by atoms with Gasteiger partial charge in [0.1, 0.15) is 6.10 Å². The number of aliphatic hydroxyl groups excluding tert-OH is 1. The van der Waals surface area contributed by atoms with E-state index in [4.69, 9.17) is 4.74 Å². The molecule has 1 unspecified atom stereocenters. The summed E-state index contributed by atoms with van der Waals surface area (Å²) in [6.45, 7) is 0. The van der Waals surface area contributed by atoms with Crippen LogP contribution in [-0.2, 0) is 0 Å². The van der Waals surface area contributed by atoms with E-state index in [0.717, 1.165) is 43.6 Å². The second kappa shape index (κ2) is 7.33. The number of thioether (sulfide) groups is 1. The average molecular weight is 322 g/mol. The standard InChI is InChI=1S/C16H22N2O3S/c19-13-4-2-12(3-5-13)18-16(20)11-1-6-15(17-9-11)21-14-7-8-22-10-14/h1,6,9,12-14,19H,2-5,7-8,10H2,(H,18,20). The molecule has 1 aliphatic heterocycles. The molecule has 1 aromatic rings. The van der Waals surface area contributed by atoms with E-state index in [1.54, 1.807) is 18.3 Å². The number of pyridine rings is 1. The van der Waals surface area contributed by atoms with Gasteiger partial charge in [-0.05, 0) is 43.9 Å². The lowest BCUT2D eigenvalue weighted by Crippen LogP contribution is -2.38. The predicted octanol–water partition coefficient (Wildman–Crippen LogP) is 2.00. The molecule has 0 radical (unpaired) electrons. The molecule has 2 fully saturated rings. The van der Waals surface area contributed by atoms with Crippen LogP contribution in [0.5, 0.6) is 5.88 Å². The maximum Gasteiger partial charge on any atom is 0.253 e. The van der Waals surface area contributed by atoms with Crippen LogP contribution in [0.2, 0.25) is 0 Å². The second-order valence-electron chi connectivity index (χ2n) is 5.97. The highest BCUT2D eigenvalue weighted by Crippen LogP contribution is 2.22. The molecule has 1 saturated heterocycles. The van der Waals surface area contributed by atoms with E-state index in [1.807, 2.05) is 11.8 Å². The molecule has 3 rings (SSSR count). The quantitative estimate of drug-likeness (QED) is 0.887. The van der Waals surface area contributed by atoms with Crippen molar-refractivity contribution in [2.75, 3.05) is 11.5 Å². The molecule has 1 atom stereocenters. The van der Waals surface area contributed by atoms with Crippen LogP contribution in [0, 0.1) is 0 Å². The summed E-state index contributed by atoms with van der Waals surface area (Å²) in [5.74, 6) is 2.64. The molecule has 5 nitrogen and oxygen atoms in total. The molecule has 0 bridgehead atoms. The molecule has 1 saturated carbocycles. The number of rotatable bonds is 4. The van der Waals surface area contributed by atoms with Gasteiger partial charge in [0.15, 0.2) is 0 Å². The fraction of sp³-hybridized carbons (Fsp3) is 0.625. The van der Waals surface area contributed by atoms with Crippen LogP contribution in [0.15, 0.2) is 18.3 Å². The van der Waals surface area contributed by atoms with Crippen LogP contribution in [0.25, 0.3) is 0 Å². The van der Waals surface area contributed by atoms with Crippen molar-refractivity contribution >= 4 is 17.7 Å². The molecule has 2 aliphatic rings. The summed E-state index contributed by atoms with van der Waals surface area (Å²) in [7, 11) is 0. The van der Waals surface area contributed by atoms with Gasteiger partial charge in [-0.2, -0.15) is 11.8 Å². The Hall–Kier alpha value is -1.27. The Morgan fingerprint density at radius 2 is 2.09 bits per heavy atom. The summed E-state index contributed by atoms with van der Waals surface area (Å²) in [5, 5.41) is 12.5. The highest BCUT2D eigenvalue weighted by molar-refractivity contribution is 7.99. The van der Waals surface area contributed by atoms with Crippen LogP contribution >= 0.6 is 11.8 Å².